The molecule has 2 amide bonds. The highest BCUT2D eigenvalue weighted by Crippen LogP contribution is 2.27. The fourth-order valence-electron chi connectivity index (χ4n) is 2.77. The normalized spacial score (nSPS) is 20.7. The maximum absolute atomic E-state index is 12.2. The molecule has 1 aliphatic heterocycles. The average Bonchev–Trinajstić information content (AvgIpc) is 2.58. The largest absolute Gasteiger partial charge is 0.373 e. The van der Waals surface area contributed by atoms with E-state index >= 15 is 0 Å². The second kappa shape index (κ2) is 7.24. The van der Waals surface area contributed by atoms with Gasteiger partial charge in [0.1, 0.15) is 5.82 Å². The molecule has 1 aromatic carbocycles. The number of pyridine rings is 1. The number of rotatable bonds is 3. The van der Waals surface area contributed by atoms with Crippen molar-refractivity contribution in [1.29, 1.82) is 0 Å². The molecule has 5 nitrogen and oxygen atoms in total. The molecular weight excluding hydrogens is 290 g/mol. The topological polar surface area (TPSA) is 63.2 Å². The number of nitrogens with one attached hydrogen (secondary N) is 2. The second-order valence-electron chi connectivity index (χ2n) is 5.76. The molecule has 1 saturated heterocycles. The number of hydrogen-bond donors (Lipinski definition) is 2. The molecule has 2 unspecified atom stereocenters. The third-order valence-corrected chi connectivity index (χ3v) is 4.03. The average molecular weight is 311 g/mol. The van der Waals surface area contributed by atoms with Crippen molar-refractivity contribution >= 4 is 11.8 Å². The molecule has 3 rings (SSSR count). The number of aryl methyl sites for hydroxylation is 1. The highest BCUT2D eigenvalue weighted by Gasteiger charge is 2.25. The molecule has 2 N–H and O–H groups in total. The van der Waals surface area contributed by atoms with E-state index in [0.717, 1.165) is 24.0 Å². The molecule has 0 spiro atoms. The third-order valence-electron chi connectivity index (χ3n) is 4.03. The molecule has 1 fully saturated rings. The number of anilines is 1. The van der Waals surface area contributed by atoms with E-state index < -0.39 is 0 Å². The van der Waals surface area contributed by atoms with Gasteiger partial charge in [-0.2, -0.15) is 0 Å². The number of carbonyl (C=O) groups is 1. The summed E-state index contributed by atoms with van der Waals surface area (Å²) < 4.78 is 5.83. The lowest BCUT2D eigenvalue weighted by atomic mass is 9.97. The van der Waals surface area contributed by atoms with Crippen molar-refractivity contribution in [3.63, 3.8) is 0 Å². The summed E-state index contributed by atoms with van der Waals surface area (Å²) >= 11 is 0. The van der Waals surface area contributed by atoms with Gasteiger partial charge in [0.15, 0.2) is 0 Å². The summed E-state index contributed by atoms with van der Waals surface area (Å²) in [6.45, 7) is 2.57. The number of nitrogens with zero attached hydrogens (tertiary/aromatic N) is 1. The maximum Gasteiger partial charge on any atom is 0.320 e. The van der Waals surface area contributed by atoms with Gasteiger partial charge in [0, 0.05) is 18.8 Å². The van der Waals surface area contributed by atoms with Crippen LogP contribution >= 0.6 is 0 Å². The van der Waals surface area contributed by atoms with Crippen molar-refractivity contribution in [3.8, 4) is 0 Å². The van der Waals surface area contributed by atoms with Crippen LogP contribution < -0.4 is 10.6 Å². The first-order valence-electron chi connectivity index (χ1n) is 7.88. The van der Waals surface area contributed by atoms with Crippen LogP contribution in [-0.4, -0.2) is 23.7 Å². The SMILES string of the molecule is Cc1cccnc1NC(=O)NC1CCOC(c2ccccc2)C1. The summed E-state index contributed by atoms with van der Waals surface area (Å²) in [5.41, 5.74) is 2.09. The number of hydrogen-bond acceptors (Lipinski definition) is 3. The molecule has 1 aliphatic rings. The first-order valence-corrected chi connectivity index (χ1v) is 7.88. The molecule has 0 aliphatic carbocycles. The van der Waals surface area contributed by atoms with Gasteiger partial charge in [0.05, 0.1) is 6.10 Å². The van der Waals surface area contributed by atoms with E-state index in [1.54, 1.807) is 6.20 Å². The Hall–Kier alpha value is -2.40. The second-order valence-corrected chi connectivity index (χ2v) is 5.76. The van der Waals surface area contributed by atoms with E-state index in [2.05, 4.69) is 27.8 Å². The molecular formula is C18H21N3O2. The highest BCUT2D eigenvalue weighted by molar-refractivity contribution is 5.89. The Kier molecular flexibility index (Phi) is 4.88. The molecule has 5 heteroatoms. The Morgan fingerprint density at radius 2 is 2.04 bits per heavy atom. The predicted octanol–water partition coefficient (Wildman–Crippen LogP) is 3.43. The summed E-state index contributed by atoms with van der Waals surface area (Å²) in [5, 5.41) is 5.83. The number of urea groups is 1. The maximum atomic E-state index is 12.2. The van der Waals surface area contributed by atoms with Gasteiger partial charge in [-0.3, -0.25) is 5.32 Å². The van der Waals surface area contributed by atoms with E-state index in [4.69, 9.17) is 4.74 Å². The lowest BCUT2D eigenvalue weighted by molar-refractivity contribution is 0.00253. The third kappa shape index (κ3) is 4.07. The van der Waals surface area contributed by atoms with Crippen LogP contribution in [0, 0.1) is 6.92 Å². The minimum Gasteiger partial charge on any atom is -0.373 e. The smallest absolute Gasteiger partial charge is 0.320 e. The highest BCUT2D eigenvalue weighted by atomic mass is 16.5. The van der Waals surface area contributed by atoms with Gasteiger partial charge >= 0.3 is 6.03 Å². The number of ether oxygens (including phenoxy) is 1. The minimum atomic E-state index is -0.217. The van der Waals surface area contributed by atoms with Crippen LogP contribution in [-0.2, 0) is 4.74 Å². The summed E-state index contributed by atoms with van der Waals surface area (Å²) in [6.07, 6.45) is 3.30. The van der Waals surface area contributed by atoms with Crippen LogP contribution in [0.4, 0.5) is 10.6 Å². The van der Waals surface area contributed by atoms with Crippen molar-refractivity contribution in [2.75, 3.05) is 11.9 Å². The van der Waals surface area contributed by atoms with E-state index in [9.17, 15) is 4.79 Å². The Bertz CT molecular complexity index is 660. The molecule has 2 atom stereocenters. The van der Waals surface area contributed by atoms with E-state index in [0.29, 0.717) is 12.4 Å². The van der Waals surface area contributed by atoms with Gasteiger partial charge in [-0.15, -0.1) is 0 Å². The molecule has 0 bridgehead atoms. The number of carbonyl (C=O) groups excluding carboxylic acids is 1. The number of aromatic nitrogens is 1. The zero-order valence-corrected chi connectivity index (χ0v) is 13.2. The molecule has 2 heterocycles. The Balaban J connectivity index is 1.57. The van der Waals surface area contributed by atoms with Crippen LogP contribution in [0.3, 0.4) is 0 Å². The van der Waals surface area contributed by atoms with Crippen molar-refractivity contribution in [2.24, 2.45) is 0 Å². The number of amides is 2. The fraction of sp³-hybridized carbons (Fsp3) is 0.333. The Morgan fingerprint density at radius 3 is 2.83 bits per heavy atom. The van der Waals surface area contributed by atoms with E-state index in [1.807, 2.05) is 37.3 Å². The molecule has 0 radical (unpaired) electrons. The summed E-state index contributed by atoms with van der Waals surface area (Å²) in [5.74, 6) is 0.594. The van der Waals surface area contributed by atoms with Gasteiger partial charge in [0.25, 0.3) is 0 Å². The molecule has 0 saturated carbocycles. The quantitative estimate of drug-likeness (QED) is 0.913. The Labute approximate surface area is 136 Å². The van der Waals surface area contributed by atoms with Gasteiger partial charge in [-0.05, 0) is 37.0 Å². The van der Waals surface area contributed by atoms with Crippen molar-refractivity contribution in [1.82, 2.24) is 10.3 Å². The van der Waals surface area contributed by atoms with Gasteiger partial charge in [-0.25, -0.2) is 9.78 Å². The van der Waals surface area contributed by atoms with Gasteiger partial charge < -0.3 is 10.1 Å². The van der Waals surface area contributed by atoms with Crippen LogP contribution in [0.25, 0.3) is 0 Å². The minimum absolute atomic E-state index is 0.0341. The van der Waals surface area contributed by atoms with Crippen molar-refractivity contribution in [3.05, 3.63) is 59.8 Å². The lowest BCUT2D eigenvalue weighted by Crippen LogP contribution is -2.42. The van der Waals surface area contributed by atoms with Crippen LogP contribution in [0.2, 0.25) is 0 Å². The van der Waals surface area contributed by atoms with E-state index in [-0.39, 0.29) is 18.2 Å². The predicted molar refractivity (Wildman–Crippen MR) is 89.3 cm³/mol. The summed E-state index contributed by atoms with van der Waals surface area (Å²) in [7, 11) is 0. The van der Waals surface area contributed by atoms with Crippen LogP contribution in [0.1, 0.15) is 30.1 Å². The van der Waals surface area contributed by atoms with Crippen molar-refractivity contribution < 1.29 is 9.53 Å². The van der Waals surface area contributed by atoms with E-state index in [1.165, 1.54) is 0 Å². The summed E-state index contributed by atoms with van der Waals surface area (Å²) in [4.78, 5) is 16.4. The number of benzene rings is 1. The first kappa shape index (κ1) is 15.5. The fourth-order valence-corrected chi connectivity index (χ4v) is 2.77. The van der Waals surface area contributed by atoms with Gasteiger partial charge in [-0.1, -0.05) is 36.4 Å². The Morgan fingerprint density at radius 1 is 1.22 bits per heavy atom. The zero-order valence-electron chi connectivity index (χ0n) is 13.2. The summed E-state index contributed by atoms with van der Waals surface area (Å²) in [6, 6.07) is 13.8. The molecule has 120 valence electrons. The van der Waals surface area contributed by atoms with Crippen molar-refractivity contribution in [2.45, 2.75) is 31.9 Å². The van der Waals surface area contributed by atoms with Crippen LogP contribution in [0.15, 0.2) is 48.7 Å². The van der Waals surface area contributed by atoms with Crippen LogP contribution in [0.5, 0.6) is 0 Å². The molecule has 1 aromatic heterocycles. The zero-order chi connectivity index (χ0) is 16.1. The lowest BCUT2D eigenvalue weighted by Gasteiger charge is -2.30. The molecule has 23 heavy (non-hydrogen) atoms. The van der Waals surface area contributed by atoms with Gasteiger partial charge in [0.2, 0.25) is 0 Å². The first-order chi connectivity index (χ1) is 11.2. The standard InChI is InChI=1S/C18H21N3O2/c1-13-6-5-10-19-17(13)21-18(22)20-15-9-11-23-16(12-15)14-7-3-2-4-8-14/h2-8,10,15-16H,9,11-12H2,1H3,(H2,19,20,21,22). The molecule has 2 aromatic rings. The monoisotopic (exact) mass is 311 g/mol.